The first-order chi connectivity index (χ1) is 9.65. The van der Waals surface area contributed by atoms with E-state index in [9.17, 15) is 4.79 Å². The van der Waals surface area contributed by atoms with E-state index >= 15 is 0 Å². The summed E-state index contributed by atoms with van der Waals surface area (Å²) in [6, 6.07) is 10.4. The molecule has 6 heteroatoms. The molecule has 2 rings (SSSR count). The van der Waals surface area contributed by atoms with E-state index in [2.05, 4.69) is 31.5 Å². The molecular weight excluding hydrogens is 320 g/mol. The second-order valence-electron chi connectivity index (χ2n) is 3.91. The van der Waals surface area contributed by atoms with Crippen LogP contribution in [0.25, 0.3) is 0 Å². The van der Waals surface area contributed by atoms with E-state index in [4.69, 9.17) is 5.26 Å². The fraction of sp³-hybridized carbons (Fsp3) is 0.0714. The summed E-state index contributed by atoms with van der Waals surface area (Å²) in [6.07, 6.45) is 1.61. The lowest BCUT2D eigenvalue weighted by Crippen LogP contribution is -2.15. The maximum Gasteiger partial charge on any atom is 0.259 e. The van der Waals surface area contributed by atoms with Crippen LogP contribution in [0.15, 0.2) is 41.0 Å². The van der Waals surface area contributed by atoms with Crippen molar-refractivity contribution < 1.29 is 4.79 Å². The van der Waals surface area contributed by atoms with Crippen LogP contribution in [0.4, 0.5) is 11.5 Å². The Bertz CT molecular complexity index is 694. The number of carbonyl (C=O) groups is 1. The molecule has 20 heavy (non-hydrogen) atoms. The zero-order valence-electron chi connectivity index (χ0n) is 10.6. The van der Waals surface area contributed by atoms with Gasteiger partial charge < -0.3 is 10.6 Å². The second-order valence-corrected chi connectivity index (χ2v) is 4.76. The molecule has 1 aromatic carbocycles. The number of carbonyl (C=O) groups excluding carboxylic acids is 1. The van der Waals surface area contributed by atoms with Gasteiger partial charge in [-0.15, -0.1) is 0 Å². The second kappa shape index (κ2) is 6.17. The molecule has 0 spiro atoms. The fourth-order valence-corrected chi connectivity index (χ4v) is 2.14. The number of anilines is 2. The van der Waals surface area contributed by atoms with E-state index in [1.54, 1.807) is 43.6 Å². The van der Waals surface area contributed by atoms with Crippen LogP contribution in [-0.4, -0.2) is 17.9 Å². The summed E-state index contributed by atoms with van der Waals surface area (Å²) in [6.45, 7) is 0. The van der Waals surface area contributed by atoms with Gasteiger partial charge in [-0.1, -0.05) is 0 Å². The molecule has 1 heterocycles. The van der Waals surface area contributed by atoms with Gasteiger partial charge in [-0.25, -0.2) is 4.98 Å². The standard InChI is InChI=1S/C14H11BrN4O/c1-17-13-10(3-2-6-18-13)14(20)19-12-5-4-9(8-16)7-11(12)15/h2-7H,1H3,(H,17,18)(H,19,20). The topological polar surface area (TPSA) is 77.8 Å². The van der Waals surface area contributed by atoms with Gasteiger partial charge in [0.15, 0.2) is 0 Å². The zero-order chi connectivity index (χ0) is 14.5. The molecule has 0 radical (unpaired) electrons. The average Bonchev–Trinajstić information content (AvgIpc) is 2.49. The van der Waals surface area contributed by atoms with Crippen LogP contribution >= 0.6 is 15.9 Å². The van der Waals surface area contributed by atoms with Crippen LogP contribution in [0.5, 0.6) is 0 Å². The van der Waals surface area contributed by atoms with Gasteiger partial charge in [0, 0.05) is 17.7 Å². The van der Waals surface area contributed by atoms with Crippen LogP contribution in [0, 0.1) is 11.3 Å². The molecule has 1 aromatic heterocycles. The number of nitriles is 1. The molecule has 0 aliphatic heterocycles. The van der Waals surface area contributed by atoms with E-state index in [-0.39, 0.29) is 5.91 Å². The lowest BCUT2D eigenvalue weighted by atomic mass is 10.2. The SMILES string of the molecule is CNc1ncccc1C(=O)Nc1ccc(C#N)cc1Br. The number of amides is 1. The van der Waals surface area contributed by atoms with E-state index < -0.39 is 0 Å². The number of aromatic nitrogens is 1. The number of hydrogen-bond acceptors (Lipinski definition) is 4. The molecule has 100 valence electrons. The van der Waals surface area contributed by atoms with Crippen molar-refractivity contribution in [2.75, 3.05) is 17.7 Å². The minimum Gasteiger partial charge on any atom is -0.372 e. The molecule has 0 unspecified atom stereocenters. The maximum absolute atomic E-state index is 12.2. The first kappa shape index (κ1) is 14.0. The van der Waals surface area contributed by atoms with Gasteiger partial charge in [0.1, 0.15) is 5.82 Å². The van der Waals surface area contributed by atoms with Gasteiger partial charge in [-0.2, -0.15) is 5.26 Å². The monoisotopic (exact) mass is 330 g/mol. The summed E-state index contributed by atoms with van der Waals surface area (Å²) in [4.78, 5) is 16.3. The normalized spacial score (nSPS) is 9.65. The number of nitrogens with one attached hydrogen (secondary N) is 2. The quantitative estimate of drug-likeness (QED) is 0.906. The van der Waals surface area contributed by atoms with E-state index in [1.807, 2.05) is 6.07 Å². The zero-order valence-corrected chi connectivity index (χ0v) is 12.2. The number of nitrogens with zero attached hydrogens (tertiary/aromatic N) is 2. The highest BCUT2D eigenvalue weighted by Crippen LogP contribution is 2.24. The molecule has 0 fully saturated rings. The number of benzene rings is 1. The third-order valence-electron chi connectivity index (χ3n) is 2.64. The maximum atomic E-state index is 12.2. The molecule has 0 saturated heterocycles. The van der Waals surface area contributed by atoms with Crippen molar-refractivity contribution in [2.24, 2.45) is 0 Å². The summed E-state index contributed by atoms with van der Waals surface area (Å²) in [5.41, 5.74) is 1.57. The molecule has 5 nitrogen and oxygen atoms in total. The summed E-state index contributed by atoms with van der Waals surface area (Å²) in [5, 5.41) is 14.5. The Kier molecular flexibility index (Phi) is 4.33. The van der Waals surface area contributed by atoms with Gasteiger partial charge in [0.2, 0.25) is 0 Å². The number of halogens is 1. The number of rotatable bonds is 3. The molecule has 0 aliphatic carbocycles. The Morgan fingerprint density at radius 1 is 1.40 bits per heavy atom. The molecule has 0 saturated carbocycles. The largest absolute Gasteiger partial charge is 0.372 e. The van der Waals surface area contributed by atoms with E-state index in [0.717, 1.165) is 0 Å². The van der Waals surface area contributed by atoms with Gasteiger partial charge >= 0.3 is 0 Å². The molecule has 0 bridgehead atoms. The highest BCUT2D eigenvalue weighted by atomic mass is 79.9. The molecule has 0 atom stereocenters. The first-order valence-corrected chi connectivity index (χ1v) is 6.58. The predicted molar refractivity (Wildman–Crippen MR) is 80.6 cm³/mol. The summed E-state index contributed by atoms with van der Waals surface area (Å²) >= 11 is 3.33. The van der Waals surface area contributed by atoms with Crippen LogP contribution < -0.4 is 10.6 Å². The van der Waals surface area contributed by atoms with Crippen LogP contribution in [0.3, 0.4) is 0 Å². The molecule has 1 amide bonds. The Balaban J connectivity index is 2.26. The van der Waals surface area contributed by atoms with Crippen LogP contribution in [0.2, 0.25) is 0 Å². The average molecular weight is 331 g/mol. The van der Waals surface area contributed by atoms with E-state index in [0.29, 0.717) is 27.1 Å². The van der Waals surface area contributed by atoms with Crippen molar-refractivity contribution in [3.05, 3.63) is 52.1 Å². The smallest absolute Gasteiger partial charge is 0.259 e. The number of pyridine rings is 1. The minimum absolute atomic E-state index is 0.271. The summed E-state index contributed by atoms with van der Waals surface area (Å²) < 4.78 is 0.653. The Morgan fingerprint density at radius 2 is 2.20 bits per heavy atom. The highest BCUT2D eigenvalue weighted by Gasteiger charge is 2.13. The summed E-state index contributed by atoms with van der Waals surface area (Å²) in [7, 11) is 1.71. The molecule has 2 N–H and O–H groups in total. The molecule has 0 aliphatic rings. The highest BCUT2D eigenvalue weighted by molar-refractivity contribution is 9.10. The van der Waals surface area contributed by atoms with Crippen molar-refractivity contribution in [1.82, 2.24) is 4.98 Å². The van der Waals surface area contributed by atoms with Crippen LogP contribution in [-0.2, 0) is 0 Å². The number of hydrogen-bond donors (Lipinski definition) is 2. The molecular formula is C14H11BrN4O. The third-order valence-corrected chi connectivity index (χ3v) is 3.29. The van der Waals surface area contributed by atoms with Crippen molar-refractivity contribution in [3.8, 4) is 6.07 Å². The van der Waals surface area contributed by atoms with Crippen molar-refractivity contribution in [1.29, 1.82) is 5.26 Å². The third kappa shape index (κ3) is 2.95. The van der Waals surface area contributed by atoms with Crippen molar-refractivity contribution >= 4 is 33.3 Å². The predicted octanol–water partition coefficient (Wildman–Crippen LogP) is 3.01. The van der Waals surface area contributed by atoms with Crippen molar-refractivity contribution in [2.45, 2.75) is 0 Å². The van der Waals surface area contributed by atoms with Gasteiger partial charge in [0.05, 0.1) is 22.9 Å². The van der Waals surface area contributed by atoms with Gasteiger partial charge in [0.25, 0.3) is 5.91 Å². The Hall–Kier alpha value is -2.39. The summed E-state index contributed by atoms with van der Waals surface area (Å²) in [5.74, 6) is 0.239. The molecule has 2 aromatic rings. The van der Waals surface area contributed by atoms with Crippen molar-refractivity contribution in [3.63, 3.8) is 0 Å². The fourth-order valence-electron chi connectivity index (χ4n) is 1.66. The van der Waals surface area contributed by atoms with Gasteiger partial charge in [-0.05, 0) is 46.3 Å². The van der Waals surface area contributed by atoms with Gasteiger partial charge in [-0.3, -0.25) is 4.79 Å². The van der Waals surface area contributed by atoms with E-state index in [1.165, 1.54) is 0 Å². The lowest BCUT2D eigenvalue weighted by molar-refractivity contribution is 0.102. The van der Waals surface area contributed by atoms with Crippen LogP contribution in [0.1, 0.15) is 15.9 Å². The minimum atomic E-state index is -0.271. The Morgan fingerprint density at radius 3 is 2.85 bits per heavy atom. The first-order valence-electron chi connectivity index (χ1n) is 5.79. The lowest BCUT2D eigenvalue weighted by Gasteiger charge is -2.10. The Labute approximate surface area is 124 Å².